The third-order valence-electron chi connectivity index (χ3n) is 15.4. The Labute approximate surface area is 713 Å². The van der Waals surface area contributed by atoms with Crippen LogP contribution >= 0.6 is 0 Å². The van der Waals surface area contributed by atoms with Crippen molar-refractivity contribution >= 4 is 93.3 Å². The lowest BCUT2D eigenvalue weighted by Gasteiger charge is -2.24. The Morgan fingerprint density at radius 1 is 0.361 bits per heavy atom. The number of aliphatic hydroxyl groups excluding tert-OH is 1. The number of esters is 8. The van der Waals surface area contributed by atoms with Gasteiger partial charge in [-0.25, -0.2) is 33.6 Å². The summed E-state index contributed by atoms with van der Waals surface area (Å²) in [6.45, 7) is 41.3. The fourth-order valence-electron chi connectivity index (χ4n) is 8.94. The van der Waals surface area contributed by atoms with Gasteiger partial charge in [0, 0.05) is 109 Å². The van der Waals surface area contributed by atoms with Crippen molar-refractivity contribution < 1.29 is 145 Å². The zero-order valence-electron chi connectivity index (χ0n) is 74.2. The lowest BCUT2D eigenvalue weighted by atomic mass is 10.0. The van der Waals surface area contributed by atoms with Crippen LogP contribution in [-0.4, -0.2) is 225 Å². The molecule has 0 aliphatic rings. The fourth-order valence-corrected chi connectivity index (χ4v) is 13.3. The number of hydrogen-bond donors (Lipinski definition) is 5. The maximum absolute atomic E-state index is 11.4. The second kappa shape index (κ2) is 89.4. The summed E-state index contributed by atoms with van der Waals surface area (Å²) in [7, 11) is 0.184. The molecule has 0 aromatic carbocycles. The SMILES string of the molecule is C=C(C)C(=O)OCCCCCCCC.C=C(C)C(=O)OCCCCCCCCCCCCCCCC.C=C(C)C(=O)OCCC[Si](OC)(OC)OC.C=CC(=O)NC(C)(C)CS(=O)(=O)O.C=CC(=O)OCCC(=O)O.C=CC(=O)OCCCCCC(=O)OCCCCCC(=O)O.C=CC(=O)OCCC[Si](OC)(OC)OC.C=CC(=O)OCCO. The van der Waals surface area contributed by atoms with Gasteiger partial charge in [-0.2, -0.15) is 8.42 Å². The zero-order valence-corrected chi connectivity index (χ0v) is 77.0. The number of hydrogen-bond acceptors (Lipinski definition) is 28. The Hall–Kier alpha value is -7.85. The standard InChI is InChI=1S/C20H38O2.C15H24O6.C12H22O2.C10H20O5Si.C9H18O5Si.C7H13NO4S.C6H8O4.C5H8O3/c1-4-5-6-7-8-9-10-11-12-13-14-15-16-17-18-22-20(21)19(2)3;1-2-14(18)20-11-8-4-6-10-15(19)21-12-7-3-5-9-13(16)17;1-4-5-6-7-8-9-10-14-12(13)11(2)3;1-9(2)10(11)15-7-6-8-16(12-3,13-4)14-5;1-5-9(10)14-7-6-8-15(11-2,12-3)13-4;1-4-6(9)8-7(2,3)5-13(10,11)12;1-2-6(9)10-4-3-5(7)8;1-2-5(7)8-4-3-6/h2,4-18H2,1,3H3;2H,1,3-12H2,(H,16,17);2,4-10H2,1,3H3;1,6-8H2,2-5H3;5H,1,6-8H2,2-4H3;4H,1,5H2,2-3H3,(H,8,9)(H,10,11,12);2H,1,3-4H2,(H,7,8);2,6H,1,3-4H2. The minimum atomic E-state index is -4.08. The summed E-state index contributed by atoms with van der Waals surface area (Å²) in [5.74, 6) is -5.88. The molecule has 0 unspecified atom stereocenters. The first kappa shape index (κ1) is 127. The molecule has 32 nitrogen and oxygen atoms in total. The molecule has 0 atom stereocenters. The van der Waals surface area contributed by atoms with Crippen molar-refractivity contribution in [1.29, 1.82) is 0 Å². The van der Waals surface area contributed by atoms with E-state index in [0.29, 0.717) is 113 Å². The highest BCUT2D eigenvalue weighted by atomic mass is 32.2. The first-order valence-corrected chi connectivity index (χ1v) is 45.7. The molecule has 119 heavy (non-hydrogen) atoms. The van der Waals surface area contributed by atoms with Gasteiger partial charge in [0.2, 0.25) is 5.91 Å². The molecule has 0 aliphatic heterocycles. The van der Waals surface area contributed by atoms with Crippen molar-refractivity contribution in [2.75, 3.05) is 108 Å². The topological polar surface area (TPSA) is 444 Å². The first-order valence-electron chi connectivity index (χ1n) is 40.3. The molecule has 0 saturated heterocycles. The Morgan fingerprint density at radius 3 is 0.899 bits per heavy atom. The highest BCUT2D eigenvalue weighted by Gasteiger charge is 2.38. The van der Waals surface area contributed by atoms with Crippen LogP contribution in [0.5, 0.6) is 0 Å². The summed E-state index contributed by atoms with van der Waals surface area (Å²) in [6, 6.07) is 1.22. The van der Waals surface area contributed by atoms with Crippen molar-refractivity contribution in [2.45, 2.75) is 265 Å². The number of carboxylic acid groups (broad SMARTS) is 2. The van der Waals surface area contributed by atoms with Gasteiger partial charge in [-0.3, -0.25) is 23.7 Å². The Bertz CT molecular complexity index is 2880. The van der Waals surface area contributed by atoms with Gasteiger partial charge in [0.15, 0.2) is 0 Å². The molecule has 1 amide bonds. The third kappa shape index (κ3) is 101. The van der Waals surface area contributed by atoms with E-state index in [-0.39, 0.29) is 56.5 Å². The van der Waals surface area contributed by atoms with Gasteiger partial charge in [0.1, 0.15) is 13.2 Å². The lowest BCUT2D eigenvalue weighted by Crippen LogP contribution is -2.47. The van der Waals surface area contributed by atoms with E-state index >= 15 is 0 Å². The van der Waals surface area contributed by atoms with Gasteiger partial charge in [-0.05, 0) is 105 Å². The van der Waals surface area contributed by atoms with Gasteiger partial charge in [0.05, 0.1) is 64.0 Å². The van der Waals surface area contributed by atoms with E-state index in [0.717, 1.165) is 62.5 Å². The molecular weight excluding hydrogens is 1610 g/mol. The number of carbonyl (C=O) groups excluding carboxylic acids is 9. The van der Waals surface area contributed by atoms with Crippen molar-refractivity contribution in [2.24, 2.45) is 0 Å². The van der Waals surface area contributed by atoms with Crippen molar-refractivity contribution in [3.8, 4) is 0 Å². The predicted molar refractivity (Wildman–Crippen MR) is 462 cm³/mol. The van der Waals surface area contributed by atoms with Crippen molar-refractivity contribution in [1.82, 2.24) is 5.32 Å². The number of unbranched alkanes of at least 4 members (excludes halogenated alkanes) is 22. The number of ether oxygens (including phenoxy) is 8. The largest absolute Gasteiger partial charge is 0.500 e. The van der Waals surface area contributed by atoms with Crippen LogP contribution in [0.1, 0.15) is 248 Å². The molecule has 0 rings (SSSR count). The average Bonchev–Trinajstić information content (AvgIpc) is 0.885. The smallest absolute Gasteiger partial charge is 0.481 e. The second-order valence-corrected chi connectivity index (χ2v) is 34.4. The maximum Gasteiger partial charge on any atom is 0.500 e. The van der Waals surface area contributed by atoms with Crippen molar-refractivity contribution in [3.05, 3.63) is 99.7 Å². The minimum absolute atomic E-state index is 0.0465. The van der Waals surface area contributed by atoms with E-state index < -0.39 is 80.7 Å². The number of carboxylic acids is 2. The van der Waals surface area contributed by atoms with Gasteiger partial charge in [0.25, 0.3) is 10.1 Å². The van der Waals surface area contributed by atoms with Gasteiger partial charge in [-0.1, -0.05) is 182 Å². The van der Waals surface area contributed by atoms with Crippen molar-refractivity contribution in [3.63, 3.8) is 0 Å². The van der Waals surface area contributed by atoms with Crippen LogP contribution in [0.15, 0.2) is 99.7 Å². The molecule has 0 bridgehead atoms. The van der Waals surface area contributed by atoms with E-state index in [1.165, 1.54) is 123 Å². The quantitative estimate of drug-likeness (QED) is 0.00943. The highest BCUT2D eigenvalue weighted by molar-refractivity contribution is 7.85. The molecule has 0 aliphatic carbocycles. The Morgan fingerprint density at radius 2 is 0.622 bits per heavy atom. The number of nitrogens with one attached hydrogen (secondary N) is 1. The normalized spacial score (nSPS) is 10.4. The zero-order chi connectivity index (χ0) is 92.6. The summed E-state index contributed by atoms with van der Waals surface area (Å²) < 4.78 is 99.2. The predicted octanol–water partition coefficient (Wildman–Crippen LogP) is 14.7. The van der Waals surface area contributed by atoms with E-state index in [4.69, 9.17) is 74.8 Å². The molecule has 692 valence electrons. The molecule has 0 aromatic heterocycles. The summed E-state index contributed by atoms with van der Waals surface area (Å²) in [4.78, 5) is 117. The third-order valence-corrected chi connectivity index (χ3v) is 22.2. The highest BCUT2D eigenvalue weighted by Crippen LogP contribution is 2.18. The van der Waals surface area contributed by atoms with Gasteiger partial charge < -0.3 is 85.1 Å². The summed E-state index contributed by atoms with van der Waals surface area (Å²) in [5, 5.41) is 27.0. The molecule has 0 heterocycles. The Kier molecular flexibility index (Phi) is 95.2. The molecule has 0 radical (unpaired) electrons. The molecule has 35 heteroatoms. The number of aliphatic carboxylic acids is 2. The molecule has 5 N–H and O–H groups in total. The van der Waals surface area contributed by atoms with Gasteiger partial charge >= 0.3 is 77.3 Å². The minimum Gasteiger partial charge on any atom is -0.481 e. The van der Waals surface area contributed by atoms with Crippen LogP contribution in [0.3, 0.4) is 0 Å². The molecule has 0 saturated carbocycles. The van der Waals surface area contributed by atoms with E-state index in [9.17, 15) is 61.2 Å². The maximum atomic E-state index is 11.4. The molecule has 0 aromatic rings. The Balaban J connectivity index is -0.000000200. The van der Waals surface area contributed by atoms with Crippen LogP contribution in [0.25, 0.3) is 0 Å². The van der Waals surface area contributed by atoms with E-state index in [1.807, 2.05) is 0 Å². The summed E-state index contributed by atoms with van der Waals surface area (Å²) >= 11 is 0. The molecule has 0 fully saturated rings. The summed E-state index contributed by atoms with van der Waals surface area (Å²) in [5.41, 5.74) is 0.369. The van der Waals surface area contributed by atoms with Gasteiger partial charge in [-0.15, -0.1) is 0 Å². The number of aliphatic hydroxyl groups is 1. The van der Waals surface area contributed by atoms with Crippen LogP contribution in [0, 0.1) is 0 Å². The fraction of sp³-hybridized carbons (Fsp3) is 0.679. The van der Waals surface area contributed by atoms with Crippen LogP contribution in [-0.2, 0) is 127 Å². The van der Waals surface area contributed by atoms with Crippen LogP contribution < -0.4 is 5.32 Å². The van der Waals surface area contributed by atoms with E-state index in [2.05, 4.69) is 81.3 Å². The number of amides is 1. The second-order valence-electron chi connectivity index (χ2n) is 26.8. The van der Waals surface area contributed by atoms with Crippen LogP contribution in [0.2, 0.25) is 12.1 Å². The number of carbonyl (C=O) groups is 11. The van der Waals surface area contributed by atoms with Crippen LogP contribution in [0.4, 0.5) is 0 Å². The number of rotatable bonds is 64. The van der Waals surface area contributed by atoms with E-state index in [1.54, 1.807) is 63.4 Å². The summed E-state index contributed by atoms with van der Waals surface area (Å²) in [6.07, 6.45) is 37.2. The molecular formula is C84H151NO31SSi2. The first-order chi connectivity index (χ1) is 56.2. The molecule has 0 spiro atoms. The lowest BCUT2D eigenvalue weighted by molar-refractivity contribution is -0.144. The average molecular weight is 1760 g/mol. The monoisotopic (exact) mass is 1760 g/mol.